The summed E-state index contributed by atoms with van der Waals surface area (Å²) in [6.07, 6.45) is 2.94. The fraction of sp³-hybridized carbons (Fsp3) is 0.143. The second kappa shape index (κ2) is 5.82. The van der Waals surface area contributed by atoms with E-state index in [9.17, 15) is 0 Å². The summed E-state index contributed by atoms with van der Waals surface area (Å²) < 4.78 is 5.64. The van der Waals surface area contributed by atoms with Gasteiger partial charge in [0.1, 0.15) is 6.61 Å². The summed E-state index contributed by atoms with van der Waals surface area (Å²) in [7, 11) is 0. The van der Waals surface area contributed by atoms with E-state index in [4.69, 9.17) is 9.94 Å². The Kier molecular flexibility index (Phi) is 3.91. The molecule has 0 saturated heterocycles. The van der Waals surface area contributed by atoms with Crippen molar-refractivity contribution in [3.8, 4) is 5.88 Å². The van der Waals surface area contributed by atoms with Gasteiger partial charge in [0.25, 0.3) is 0 Å². The van der Waals surface area contributed by atoms with Gasteiger partial charge in [-0.05, 0) is 18.6 Å². The van der Waals surface area contributed by atoms with Gasteiger partial charge in [-0.25, -0.2) is 4.98 Å². The summed E-state index contributed by atoms with van der Waals surface area (Å²) in [6.45, 7) is 2.39. The lowest BCUT2D eigenvalue weighted by atomic mass is 10.2. The zero-order valence-corrected chi connectivity index (χ0v) is 10.1. The van der Waals surface area contributed by atoms with Gasteiger partial charge >= 0.3 is 0 Å². The van der Waals surface area contributed by atoms with E-state index in [-0.39, 0.29) is 0 Å². The van der Waals surface area contributed by atoms with Crippen LogP contribution in [0.3, 0.4) is 0 Å². The molecular formula is C14H14N2O2. The summed E-state index contributed by atoms with van der Waals surface area (Å²) in [5.41, 5.74) is 2.74. The molecule has 4 heteroatoms. The van der Waals surface area contributed by atoms with Crippen LogP contribution in [0.15, 0.2) is 47.8 Å². The monoisotopic (exact) mass is 242 g/mol. The van der Waals surface area contributed by atoms with Crippen LogP contribution in [-0.2, 0) is 6.61 Å². The molecule has 1 N–H and O–H groups in total. The highest BCUT2D eigenvalue weighted by molar-refractivity contribution is 5.78. The normalized spacial score (nSPS) is 10.7. The minimum atomic E-state index is 0.488. The van der Waals surface area contributed by atoms with Crippen molar-refractivity contribution in [2.24, 2.45) is 5.16 Å². The van der Waals surface area contributed by atoms with Crippen molar-refractivity contribution in [2.45, 2.75) is 13.5 Å². The first-order valence-electron chi connectivity index (χ1n) is 5.60. The van der Waals surface area contributed by atoms with E-state index in [0.29, 0.717) is 12.5 Å². The Hall–Kier alpha value is -2.36. The van der Waals surface area contributed by atoms with Crippen LogP contribution >= 0.6 is 0 Å². The molecule has 0 aliphatic heterocycles. The fourth-order valence-electron chi connectivity index (χ4n) is 1.60. The van der Waals surface area contributed by atoms with Crippen LogP contribution in [0.4, 0.5) is 0 Å². The van der Waals surface area contributed by atoms with Crippen molar-refractivity contribution in [3.05, 3.63) is 59.3 Å². The predicted octanol–water partition coefficient (Wildman–Crippen LogP) is 2.78. The van der Waals surface area contributed by atoms with Crippen molar-refractivity contribution in [1.29, 1.82) is 0 Å². The number of aryl methyl sites for hydroxylation is 1. The zero-order chi connectivity index (χ0) is 12.8. The molecular weight excluding hydrogens is 228 g/mol. The Morgan fingerprint density at radius 2 is 2.11 bits per heavy atom. The van der Waals surface area contributed by atoms with Crippen LogP contribution < -0.4 is 4.74 Å². The minimum absolute atomic E-state index is 0.488. The molecule has 92 valence electrons. The summed E-state index contributed by atoms with van der Waals surface area (Å²) in [4.78, 5) is 4.19. The average Bonchev–Trinajstić information content (AvgIpc) is 2.39. The molecule has 0 radical (unpaired) electrons. The third kappa shape index (κ3) is 3.07. The second-order valence-electron chi connectivity index (χ2n) is 3.91. The molecule has 2 rings (SSSR count). The van der Waals surface area contributed by atoms with Crippen LogP contribution in [0, 0.1) is 6.92 Å². The van der Waals surface area contributed by atoms with E-state index in [1.54, 1.807) is 6.20 Å². The third-order valence-electron chi connectivity index (χ3n) is 2.48. The van der Waals surface area contributed by atoms with E-state index < -0.39 is 0 Å². The standard InChI is InChI=1S/C14H14N2O2/c1-11-7-13(9-16-17)8-15-14(11)18-10-12-5-3-2-4-6-12/h2-9,17H,10H2,1H3/b16-9+. The number of benzene rings is 1. The fourth-order valence-corrected chi connectivity index (χ4v) is 1.60. The van der Waals surface area contributed by atoms with Crippen molar-refractivity contribution in [2.75, 3.05) is 0 Å². The molecule has 2 aromatic rings. The number of aromatic nitrogens is 1. The van der Waals surface area contributed by atoms with Crippen molar-refractivity contribution in [1.82, 2.24) is 4.98 Å². The first-order valence-corrected chi connectivity index (χ1v) is 5.60. The number of nitrogens with zero attached hydrogens (tertiary/aromatic N) is 2. The maximum absolute atomic E-state index is 8.44. The zero-order valence-electron chi connectivity index (χ0n) is 10.1. The molecule has 0 aliphatic carbocycles. The van der Waals surface area contributed by atoms with Gasteiger partial charge in [-0.2, -0.15) is 0 Å². The molecule has 1 aromatic carbocycles. The van der Waals surface area contributed by atoms with Crippen LogP contribution in [0.5, 0.6) is 5.88 Å². The predicted molar refractivity (Wildman–Crippen MR) is 69.1 cm³/mol. The van der Waals surface area contributed by atoms with Crippen molar-refractivity contribution in [3.63, 3.8) is 0 Å². The van der Waals surface area contributed by atoms with Gasteiger partial charge in [-0.3, -0.25) is 0 Å². The van der Waals surface area contributed by atoms with Crippen LogP contribution in [0.25, 0.3) is 0 Å². The highest BCUT2D eigenvalue weighted by Gasteiger charge is 2.02. The van der Waals surface area contributed by atoms with Crippen LogP contribution in [0.1, 0.15) is 16.7 Å². The first-order chi connectivity index (χ1) is 8.79. The Bertz CT molecular complexity index is 539. The summed E-state index contributed by atoms with van der Waals surface area (Å²) in [5.74, 6) is 0.592. The molecule has 0 spiro atoms. The molecule has 4 nitrogen and oxygen atoms in total. The average molecular weight is 242 g/mol. The highest BCUT2D eigenvalue weighted by Crippen LogP contribution is 2.16. The lowest BCUT2D eigenvalue weighted by Gasteiger charge is -2.08. The molecule has 0 aliphatic rings. The number of pyridine rings is 1. The lowest BCUT2D eigenvalue weighted by Crippen LogP contribution is -1.99. The molecule has 18 heavy (non-hydrogen) atoms. The van der Waals surface area contributed by atoms with Gasteiger partial charge in [0.15, 0.2) is 0 Å². The maximum Gasteiger partial charge on any atom is 0.216 e. The lowest BCUT2D eigenvalue weighted by molar-refractivity contribution is 0.291. The topological polar surface area (TPSA) is 54.7 Å². The van der Waals surface area contributed by atoms with Crippen molar-refractivity contribution < 1.29 is 9.94 Å². The van der Waals surface area contributed by atoms with Gasteiger partial charge in [0.2, 0.25) is 5.88 Å². The van der Waals surface area contributed by atoms with Gasteiger partial charge in [-0.15, -0.1) is 0 Å². The van der Waals surface area contributed by atoms with Crippen molar-refractivity contribution >= 4 is 6.21 Å². The number of ether oxygens (including phenoxy) is 1. The third-order valence-corrected chi connectivity index (χ3v) is 2.48. The maximum atomic E-state index is 8.44. The van der Waals surface area contributed by atoms with Gasteiger partial charge in [-0.1, -0.05) is 35.5 Å². The Labute approximate surface area is 106 Å². The highest BCUT2D eigenvalue weighted by atomic mass is 16.5. The van der Waals surface area contributed by atoms with E-state index in [2.05, 4.69) is 10.1 Å². The molecule has 0 bridgehead atoms. The summed E-state index contributed by atoms with van der Waals surface area (Å²) in [6, 6.07) is 11.8. The van der Waals surface area contributed by atoms with Gasteiger partial charge in [0.05, 0.1) is 6.21 Å². The number of hydrogen-bond acceptors (Lipinski definition) is 4. The number of rotatable bonds is 4. The molecule has 1 aromatic heterocycles. The second-order valence-corrected chi connectivity index (χ2v) is 3.91. The minimum Gasteiger partial charge on any atom is -0.473 e. The molecule has 0 saturated carbocycles. The first kappa shape index (κ1) is 12.1. The number of hydrogen-bond donors (Lipinski definition) is 1. The summed E-state index contributed by atoms with van der Waals surface area (Å²) in [5, 5.41) is 11.4. The SMILES string of the molecule is Cc1cc(/C=N/O)cnc1OCc1ccccc1. The van der Waals surface area contributed by atoms with Crippen LogP contribution in [0.2, 0.25) is 0 Å². The molecule has 0 atom stereocenters. The van der Waals surface area contributed by atoms with E-state index in [1.165, 1.54) is 6.21 Å². The largest absolute Gasteiger partial charge is 0.473 e. The molecule has 0 amide bonds. The van der Waals surface area contributed by atoms with E-state index >= 15 is 0 Å². The van der Waals surface area contributed by atoms with Gasteiger partial charge in [0, 0.05) is 17.3 Å². The summed E-state index contributed by atoms with van der Waals surface area (Å²) >= 11 is 0. The van der Waals surface area contributed by atoms with Crippen LogP contribution in [-0.4, -0.2) is 16.4 Å². The molecule has 1 heterocycles. The Balaban J connectivity index is 2.06. The Morgan fingerprint density at radius 1 is 1.33 bits per heavy atom. The van der Waals surface area contributed by atoms with Gasteiger partial charge < -0.3 is 9.94 Å². The smallest absolute Gasteiger partial charge is 0.216 e. The van der Waals surface area contributed by atoms with E-state index in [1.807, 2.05) is 43.3 Å². The quantitative estimate of drug-likeness (QED) is 0.509. The van der Waals surface area contributed by atoms with E-state index in [0.717, 1.165) is 16.7 Å². The Morgan fingerprint density at radius 3 is 2.78 bits per heavy atom. The number of oxime groups is 1. The molecule has 0 unspecified atom stereocenters. The molecule has 0 fully saturated rings.